The van der Waals surface area contributed by atoms with Gasteiger partial charge in [0.05, 0.1) is 23.6 Å². The monoisotopic (exact) mass is 610 g/mol. The van der Waals surface area contributed by atoms with Crippen LogP contribution < -0.4 is 4.90 Å². The van der Waals surface area contributed by atoms with Crippen LogP contribution >= 0.6 is 32.3 Å². The molecule has 1 heterocycles. The van der Waals surface area contributed by atoms with Gasteiger partial charge in [0, 0.05) is 22.9 Å². The second-order valence-corrected chi connectivity index (χ2v) is 14.6. The molecule has 0 radical (unpaired) electrons. The molecule has 0 aliphatic carbocycles. The van der Waals surface area contributed by atoms with Crippen molar-refractivity contribution in [2.75, 3.05) is 36.7 Å². The van der Waals surface area contributed by atoms with Crippen LogP contribution in [-0.2, 0) is 25.3 Å². The summed E-state index contributed by atoms with van der Waals surface area (Å²) in [5.41, 5.74) is 2.18. The highest BCUT2D eigenvalue weighted by Gasteiger charge is 2.48. The number of thioether (sulfide) groups is 2. The fourth-order valence-electron chi connectivity index (χ4n) is 5.25. The topological polar surface area (TPSA) is 66.9 Å². The highest BCUT2D eigenvalue weighted by molar-refractivity contribution is 7.99. The molecule has 0 amide bonds. The molecule has 0 saturated heterocycles. The molecule has 39 heavy (non-hydrogen) atoms. The van der Waals surface area contributed by atoms with Gasteiger partial charge in [-0.15, -0.1) is 23.5 Å². The fraction of sp³-hybridized carbons (Fsp3) is 0.552. The van der Waals surface area contributed by atoms with E-state index in [0.29, 0.717) is 23.8 Å². The maximum absolute atomic E-state index is 14.6. The van der Waals surface area contributed by atoms with Crippen molar-refractivity contribution in [3.8, 4) is 0 Å². The van der Waals surface area contributed by atoms with Crippen molar-refractivity contribution in [2.45, 2.75) is 80.4 Å². The third kappa shape index (κ3) is 7.53. The standard InChI is InChI=1S/C29H43N2O4PS3/c1-6-9-16-29(17-10-7-2)22-30(24-14-12-11-13-15-24)25-19-26(37-5)23(20-38-21-28(32)35-8-3)18-27(25)39(33,34)31(29)36-4/h11-15,18-19,36H,6-10,16-17,20-22H2,1-5H3. The van der Waals surface area contributed by atoms with E-state index < -0.39 is 15.6 Å². The van der Waals surface area contributed by atoms with Crippen LogP contribution in [0.1, 0.15) is 64.9 Å². The van der Waals surface area contributed by atoms with Crippen LogP contribution in [-0.4, -0.2) is 55.8 Å². The van der Waals surface area contributed by atoms with E-state index in [-0.39, 0.29) is 20.5 Å². The lowest BCUT2D eigenvalue weighted by atomic mass is 9.87. The second kappa shape index (κ2) is 15.1. The summed E-state index contributed by atoms with van der Waals surface area (Å²) in [6.07, 6.45) is 7.68. The largest absolute Gasteiger partial charge is 0.465 e. The third-order valence-electron chi connectivity index (χ3n) is 7.10. The second-order valence-electron chi connectivity index (χ2n) is 9.78. The summed E-state index contributed by atoms with van der Waals surface area (Å²) < 4.78 is 36.1. The minimum Gasteiger partial charge on any atom is -0.465 e. The summed E-state index contributed by atoms with van der Waals surface area (Å²) in [6.45, 7) is 9.11. The lowest BCUT2D eigenvalue weighted by molar-refractivity contribution is -0.139. The number of carbonyl (C=O) groups is 1. The first-order chi connectivity index (χ1) is 18.8. The van der Waals surface area contributed by atoms with E-state index in [2.05, 4.69) is 36.9 Å². The van der Waals surface area contributed by atoms with Crippen LogP contribution in [0.5, 0.6) is 0 Å². The van der Waals surface area contributed by atoms with Gasteiger partial charge in [0.15, 0.2) is 0 Å². The molecule has 1 unspecified atom stereocenters. The molecular weight excluding hydrogens is 568 g/mol. The number of esters is 1. The Morgan fingerprint density at radius 1 is 1.08 bits per heavy atom. The SMILES string of the molecule is CCCCC1(CCCC)CN(c2ccccc2)c2cc(SC)c(CSCC(=O)OCC)cc2S(=O)(=O)N1PC. The van der Waals surface area contributed by atoms with Crippen molar-refractivity contribution in [3.63, 3.8) is 0 Å². The molecule has 1 atom stereocenters. The zero-order chi connectivity index (χ0) is 28.5. The van der Waals surface area contributed by atoms with Gasteiger partial charge in [0.2, 0.25) is 10.0 Å². The van der Waals surface area contributed by atoms with Crippen LogP contribution in [0.2, 0.25) is 0 Å². The molecule has 2 aromatic carbocycles. The normalized spacial score (nSPS) is 16.8. The van der Waals surface area contributed by atoms with Crippen molar-refractivity contribution in [3.05, 3.63) is 48.0 Å². The molecule has 0 bridgehead atoms. The number of nitrogens with zero attached hydrogens (tertiary/aromatic N) is 2. The minimum atomic E-state index is -3.78. The molecular formula is C29H43N2O4PS3. The quantitative estimate of drug-likeness (QED) is 0.123. The smallest absolute Gasteiger partial charge is 0.315 e. The molecule has 6 nitrogen and oxygen atoms in total. The van der Waals surface area contributed by atoms with E-state index in [0.717, 1.165) is 60.4 Å². The van der Waals surface area contributed by atoms with E-state index in [9.17, 15) is 13.2 Å². The van der Waals surface area contributed by atoms with Crippen LogP contribution in [0.15, 0.2) is 52.3 Å². The number of rotatable bonds is 14. The summed E-state index contributed by atoms with van der Waals surface area (Å²) in [4.78, 5) is 15.6. The molecule has 10 heteroatoms. The Labute approximate surface area is 245 Å². The molecule has 0 N–H and O–H groups in total. The van der Waals surface area contributed by atoms with E-state index >= 15 is 0 Å². The number of hydrogen-bond donors (Lipinski definition) is 0. The van der Waals surface area contributed by atoms with Gasteiger partial charge >= 0.3 is 5.97 Å². The predicted molar refractivity (Wildman–Crippen MR) is 170 cm³/mol. The van der Waals surface area contributed by atoms with Gasteiger partial charge in [0.25, 0.3) is 0 Å². The van der Waals surface area contributed by atoms with Crippen molar-refractivity contribution >= 4 is 59.6 Å². The van der Waals surface area contributed by atoms with Gasteiger partial charge in [-0.1, -0.05) is 57.7 Å². The number of fused-ring (bicyclic) bond motifs is 1. The van der Waals surface area contributed by atoms with E-state index in [1.807, 2.05) is 41.3 Å². The molecule has 0 saturated carbocycles. The number of carbonyl (C=O) groups excluding carboxylic acids is 1. The van der Waals surface area contributed by atoms with Crippen molar-refractivity contribution in [1.82, 2.24) is 4.08 Å². The van der Waals surface area contributed by atoms with Crippen LogP contribution in [0.25, 0.3) is 0 Å². The summed E-state index contributed by atoms with van der Waals surface area (Å²) in [5.74, 6) is 0.524. The average molecular weight is 611 g/mol. The first kappa shape index (κ1) is 32.3. The molecule has 0 aromatic heterocycles. The van der Waals surface area contributed by atoms with Gasteiger partial charge in [-0.2, -0.15) is 4.08 Å². The zero-order valence-electron chi connectivity index (χ0n) is 23.9. The number of unbranched alkanes of at least 4 members (excludes halogenated alkanes) is 2. The maximum atomic E-state index is 14.6. The Balaban J connectivity index is 2.22. The molecule has 1 aliphatic rings. The zero-order valence-corrected chi connectivity index (χ0v) is 27.3. The first-order valence-electron chi connectivity index (χ1n) is 13.8. The third-order valence-corrected chi connectivity index (χ3v) is 12.8. The van der Waals surface area contributed by atoms with E-state index in [1.54, 1.807) is 18.7 Å². The lowest BCUT2D eigenvalue weighted by Gasteiger charge is -2.43. The first-order valence-corrected chi connectivity index (χ1v) is 19.0. The Morgan fingerprint density at radius 2 is 1.74 bits per heavy atom. The number of ether oxygens (including phenoxy) is 1. The number of hydrogen-bond acceptors (Lipinski definition) is 7. The van der Waals surface area contributed by atoms with Crippen molar-refractivity contribution in [1.29, 1.82) is 0 Å². The molecule has 1 aliphatic heterocycles. The molecule has 2 aromatic rings. The van der Waals surface area contributed by atoms with Gasteiger partial charge in [-0.3, -0.25) is 4.79 Å². The highest BCUT2D eigenvalue weighted by atomic mass is 32.2. The number of anilines is 2. The molecule has 216 valence electrons. The van der Waals surface area contributed by atoms with Crippen LogP contribution in [0, 0.1) is 0 Å². The lowest BCUT2D eigenvalue weighted by Crippen LogP contribution is -2.52. The number of sulfonamides is 1. The number of benzene rings is 2. The Bertz CT molecular complexity index is 1190. The average Bonchev–Trinajstić information content (AvgIpc) is 3.01. The Hall–Kier alpha value is -1.25. The van der Waals surface area contributed by atoms with Crippen molar-refractivity contribution in [2.24, 2.45) is 0 Å². The van der Waals surface area contributed by atoms with Gasteiger partial charge in [-0.25, -0.2) is 8.42 Å². The molecule has 3 rings (SSSR count). The van der Waals surface area contributed by atoms with Gasteiger partial charge in [0.1, 0.15) is 4.90 Å². The fourth-order valence-corrected chi connectivity index (χ4v) is 10.5. The van der Waals surface area contributed by atoms with Gasteiger partial charge in [-0.05, 0) is 71.2 Å². The van der Waals surface area contributed by atoms with Crippen molar-refractivity contribution < 1.29 is 17.9 Å². The highest BCUT2D eigenvalue weighted by Crippen LogP contribution is 2.49. The predicted octanol–water partition coefficient (Wildman–Crippen LogP) is 7.69. The Morgan fingerprint density at radius 3 is 2.31 bits per heavy atom. The van der Waals surface area contributed by atoms with E-state index in [4.69, 9.17) is 4.74 Å². The number of para-hydroxylation sites is 1. The summed E-state index contributed by atoms with van der Waals surface area (Å²) >= 11 is 3.07. The Kier molecular flexibility index (Phi) is 12.5. The summed E-state index contributed by atoms with van der Waals surface area (Å²) in [6, 6.07) is 14.1. The summed E-state index contributed by atoms with van der Waals surface area (Å²) in [5, 5.41) is 0. The van der Waals surface area contributed by atoms with E-state index in [1.165, 1.54) is 11.8 Å². The van der Waals surface area contributed by atoms with Crippen LogP contribution in [0.4, 0.5) is 11.4 Å². The summed E-state index contributed by atoms with van der Waals surface area (Å²) in [7, 11) is -3.66. The van der Waals surface area contributed by atoms with Crippen LogP contribution in [0.3, 0.4) is 0 Å². The minimum absolute atomic E-state index is 0.126. The van der Waals surface area contributed by atoms with Gasteiger partial charge < -0.3 is 9.64 Å². The molecule has 0 fully saturated rings. The maximum Gasteiger partial charge on any atom is 0.315 e. The molecule has 0 spiro atoms.